The molecule has 1 saturated heterocycles. The van der Waals surface area contributed by atoms with Crippen molar-refractivity contribution in [1.82, 2.24) is 0 Å². The first-order valence-corrected chi connectivity index (χ1v) is 7.29. The Balaban J connectivity index is 2.07. The number of para-hydroxylation sites is 1. The van der Waals surface area contributed by atoms with E-state index in [9.17, 15) is 4.79 Å². The van der Waals surface area contributed by atoms with Gasteiger partial charge in [-0.05, 0) is 38.3 Å². The number of hydrogen-bond acceptors (Lipinski definition) is 3. The second-order valence-electron chi connectivity index (χ2n) is 4.85. The Morgan fingerprint density at radius 2 is 2.00 bits per heavy atom. The topological polar surface area (TPSA) is 29.5 Å². The molecule has 0 radical (unpaired) electrons. The molecule has 0 aliphatic carbocycles. The summed E-state index contributed by atoms with van der Waals surface area (Å²) in [7, 11) is 0. The number of anilines is 1. The fourth-order valence-electron chi connectivity index (χ4n) is 2.41. The Morgan fingerprint density at radius 1 is 1.25 bits per heavy atom. The van der Waals surface area contributed by atoms with Crippen molar-refractivity contribution in [3.8, 4) is 11.8 Å². The molecule has 1 aromatic carbocycles. The quantitative estimate of drug-likeness (QED) is 0.625. The number of ether oxygens (including phenoxy) is 1. The zero-order valence-electron chi connectivity index (χ0n) is 12.0. The van der Waals surface area contributed by atoms with Gasteiger partial charge in [-0.2, -0.15) is 0 Å². The molecule has 1 heterocycles. The van der Waals surface area contributed by atoms with Crippen molar-refractivity contribution in [2.45, 2.75) is 32.6 Å². The smallest absolute Gasteiger partial charge is 0.317 e. The predicted molar refractivity (Wildman–Crippen MR) is 80.6 cm³/mol. The molecule has 0 spiro atoms. The number of hydrogen-bond donors (Lipinski definition) is 0. The summed E-state index contributed by atoms with van der Waals surface area (Å²) in [6, 6.07) is 8.16. The Kier molecular flexibility index (Phi) is 5.49. The normalized spacial score (nSPS) is 14.3. The zero-order chi connectivity index (χ0) is 14.2. The van der Waals surface area contributed by atoms with Crippen LogP contribution in [0.2, 0.25) is 0 Å². The predicted octanol–water partition coefficient (Wildman–Crippen LogP) is 2.98. The van der Waals surface area contributed by atoms with Gasteiger partial charge in [0.15, 0.2) is 0 Å². The molecule has 0 bridgehead atoms. The SMILES string of the molecule is CCOC(=O)CC#Cc1ccccc1N1CCCCC1. The highest BCUT2D eigenvalue weighted by atomic mass is 16.5. The van der Waals surface area contributed by atoms with Gasteiger partial charge in [-0.3, -0.25) is 4.79 Å². The van der Waals surface area contributed by atoms with Crippen LogP contribution in [0.15, 0.2) is 24.3 Å². The molecule has 106 valence electrons. The van der Waals surface area contributed by atoms with Crippen LogP contribution in [0, 0.1) is 11.8 Å². The second-order valence-corrected chi connectivity index (χ2v) is 4.85. The summed E-state index contributed by atoms with van der Waals surface area (Å²) in [4.78, 5) is 13.7. The van der Waals surface area contributed by atoms with E-state index in [2.05, 4.69) is 22.8 Å². The van der Waals surface area contributed by atoms with Gasteiger partial charge in [-0.1, -0.05) is 24.0 Å². The zero-order valence-corrected chi connectivity index (χ0v) is 12.0. The standard InChI is InChI=1S/C17H21NO2/c1-2-20-17(19)12-8-10-15-9-4-5-11-16(15)18-13-6-3-7-14-18/h4-5,9,11H,2-3,6-7,12-14H2,1H3. The summed E-state index contributed by atoms with van der Waals surface area (Å²) in [6.07, 6.45) is 3.95. The highest BCUT2D eigenvalue weighted by Gasteiger charge is 2.12. The van der Waals surface area contributed by atoms with Gasteiger partial charge >= 0.3 is 5.97 Å². The van der Waals surface area contributed by atoms with Gasteiger partial charge in [0.25, 0.3) is 0 Å². The average molecular weight is 271 g/mol. The molecule has 3 heteroatoms. The lowest BCUT2D eigenvalue weighted by Gasteiger charge is -2.29. The fourth-order valence-corrected chi connectivity index (χ4v) is 2.41. The number of esters is 1. The van der Waals surface area contributed by atoms with Crippen molar-refractivity contribution in [3.05, 3.63) is 29.8 Å². The molecule has 1 aliphatic rings. The van der Waals surface area contributed by atoms with E-state index in [-0.39, 0.29) is 12.4 Å². The highest BCUT2D eigenvalue weighted by molar-refractivity contribution is 5.73. The van der Waals surface area contributed by atoms with Crippen LogP contribution in [-0.4, -0.2) is 25.7 Å². The highest BCUT2D eigenvalue weighted by Crippen LogP contribution is 2.23. The molecule has 1 fully saturated rings. The number of benzene rings is 1. The van der Waals surface area contributed by atoms with E-state index in [0.29, 0.717) is 6.61 Å². The molecule has 1 aliphatic heterocycles. The molecule has 0 aromatic heterocycles. The van der Waals surface area contributed by atoms with Gasteiger partial charge in [0.1, 0.15) is 6.42 Å². The molecule has 20 heavy (non-hydrogen) atoms. The van der Waals surface area contributed by atoms with Gasteiger partial charge < -0.3 is 9.64 Å². The van der Waals surface area contributed by atoms with Crippen LogP contribution in [0.1, 0.15) is 38.2 Å². The molecule has 0 N–H and O–H groups in total. The van der Waals surface area contributed by atoms with Crippen LogP contribution in [0.5, 0.6) is 0 Å². The van der Waals surface area contributed by atoms with E-state index in [0.717, 1.165) is 18.7 Å². The number of carbonyl (C=O) groups is 1. The maximum atomic E-state index is 11.3. The Hall–Kier alpha value is -1.95. The lowest BCUT2D eigenvalue weighted by molar-refractivity contribution is -0.141. The van der Waals surface area contributed by atoms with Crippen LogP contribution in [-0.2, 0) is 9.53 Å². The summed E-state index contributed by atoms with van der Waals surface area (Å²) in [5, 5.41) is 0. The molecule has 3 nitrogen and oxygen atoms in total. The third-order valence-corrected chi connectivity index (χ3v) is 3.36. The molecular weight excluding hydrogens is 250 g/mol. The van der Waals surface area contributed by atoms with Gasteiger partial charge in [-0.15, -0.1) is 0 Å². The first-order chi connectivity index (χ1) is 9.81. The van der Waals surface area contributed by atoms with Crippen molar-refractivity contribution < 1.29 is 9.53 Å². The van der Waals surface area contributed by atoms with Crippen molar-refractivity contribution in [2.75, 3.05) is 24.6 Å². The van der Waals surface area contributed by atoms with Gasteiger partial charge in [0.2, 0.25) is 0 Å². The monoisotopic (exact) mass is 271 g/mol. The van der Waals surface area contributed by atoms with Crippen molar-refractivity contribution in [3.63, 3.8) is 0 Å². The number of piperidine rings is 1. The molecule has 2 rings (SSSR count). The summed E-state index contributed by atoms with van der Waals surface area (Å²) < 4.78 is 4.87. The van der Waals surface area contributed by atoms with Crippen LogP contribution < -0.4 is 4.90 Å². The average Bonchev–Trinajstić information content (AvgIpc) is 2.49. The van der Waals surface area contributed by atoms with Crippen LogP contribution in [0.4, 0.5) is 5.69 Å². The molecule has 1 aromatic rings. The van der Waals surface area contributed by atoms with E-state index >= 15 is 0 Å². The van der Waals surface area contributed by atoms with Crippen molar-refractivity contribution >= 4 is 11.7 Å². The van der Waals surface area contributed by atoms with E-state index in [1.807, 2.05) is 18.2 Å². The molecule has 0 atom stereocenters. The lowest BCUT2D eigenvalue weighted by atomic mass is 10.1. The Labute approximate surface area is 120 Å². The van der Waals surface area contributed by atoms with Gasteiger partial charge in [-0.25, -0.2) is 0 Å². The molecule has 0 saturated carbocycles. The summed E-state index contributed by atoms with van der Waals surface area (Å²) in [5.41, 5.74) is 2.18. The van der Waals surface area contributed by atoms with Crippen molar-refractivity contribution in [1.29, 1.82) is 0 Å². The maximum absolute atomic E-state index is 11.3. The third kappa shape index (κ3) is 4.03. The fraction of sp³-hybridized carbons (Fsp3) is 0.471. The van der Waals surface area contributed by atoms with Crippen LogP contribution in [0.3, 0.4) is 0 Å². The van der Waals surface area contributed by atoms with E-state index in [1.165, 1.54) is 24.9 Å². The Morgan fingerprint density at radius 3 is 2.75 bits per heavy atom. The van der Waals surface area contributed by atoms with Crippen LogP contribution >= 0.6 is 0 Å². The minimum absolute atomic E-state index is 0.155. The van der Waals surface area contributed by atoms with Gasteiger partial charge in [0, 0.05) is 18.7 Å². The molecule has 0 amide bonds. The summed E-state index contributed by atoms with van der Waals surface area (Å²) >= 11 is 0. The van der Waals surface area contributed by atoms with Crippen LogP contribution in [0.25, 0.3) is 0 Å². The minimum Gasteiger partial charge on any atom is -0.465 e. The summed E-state index contributed by atoms with van der Waals surface area (Å²) in [6.45, 7) is 4.40. The Bertz CT molecular complexity index is 507. The second kappa shape index (κ2) is 7.59. The van der Waals surface area contributed by atoms with E-state index in [4.69, 9.17) is 4.74 Å². The summed E-state index contributed by atoms with van der Waals surface area (Å²) in [5.74, 6) is 5.77. The van der Waals surface area contributed by atoms with Crippen molar-refractivity contribution in [2.24, 2.45) is 0 Å². The molecular formula is C17H21NO2. The molecule has 0 unspecified atom stereocenters. The van der Waals surface area contributed by atoms with E-state index in [1.54, 1.807) is 6.92 Å². The largest absolute Gasteiger partial charge is 0.465 e. The van der Waals surface area contributed by atoms with E-state index < -0.39 is 0 Å². The first-order valence-electron chi connectivity index (χ1n) is 7.29. The first kappa shape index (κ1) is 14.5. The van der Waals surface area contributed by atoms with Gasteiger partial charge in [0.05, 0.1) is 12.3 Å². The third-order valence-electron chi connectivity index (χ3n) is 3.36. The number of rotatable bonds is 3. The lowest BCUT2D eigenvalue weighted by Crippen LogP contribution is -2.29. The maximum Gasteiger partial charge on any atom is 0.317 e. The minimum atomic E-state index is -0.254. The number of carbonyl (C=O) groups excluding carboxylic acids is 1. The number of nitrogens with zero attached hydrogens (tertiary/aromatic N) is 1.